The number of rotatable bonds is 2. The largest absolute Gasteiger partial charge is 0.404 e. The molecule has 0 aliphatic heterocycles. The maximum atomic E-state index is 5.61. The maximum absolute atomic E-state index is 5.61. The van der Waals surface area contributed by atoms with Gasteiger partial charge in [-0.3, -0.25) is 4.99 Å². The van der Waals surface area contributed by atoms with Crippen molar-refractivity contribution in [3.63, 3.8) is 0 Å². The van der Waals surface area contributed by atoms with Gasteiger partial charge in [-0.05, 0) is 38.5 Å². The minimum Gasteiger partial charge on any atom is -0.404 e. The molecule has 0 saturated heterocycles. The third-order valence-corrected chi connectivity index (χ3v) is 1.88. The van der Waals surface area contributed by atoms with Crippen LogP contribution in [0.15, 0.2) is 29.5 Å². The van der Waals surface area contributed by atoms with E-state index in [1.165, 1.54) is 6.20 Å². The van der Waals surface area contributed by atoms with Gasteiger partial charge in [0.25, 0.3) is 0 Å². The number of anilines is 1. The minimum absolute atomic E-state index is 0.118. The molecule has 1 aromatic heterocycles. The Bertz CT molecular complexity index is 413. The average molecular weight is 218 g/mol. The molecule has 0 unspecified atom stereocenters. The van der Waals surface area contributed by atoms with E-state index in [9.17, 15) is 0 Å². The summed E-state index contributed by atoms with van der Waals surface area (Å²) in [5, 5.41) is 0. The summed E-state index contributed by atoms with van der Waals surface area (Å²) in [6.07, 6.45) is 4.93. The van der Waals surface area contributed by atoms with Crippen molar-refractivity contribution >= 4 is 17.6 Å². The number of aliphatic imine (C=N–C) groups is 1. The summed E-state index contributed by atoms with van der Waals surface area (Å²) in [5.41, 5.74) is 12.8. The standard InChI is InChI=1S/C12H18N4/c1-12(2,3)16-8-10(7-13)9-4-5-15-11(14)6-9/h4-8H,13H2,1-3H3,(H2,14,15). The van der Waals surface area contributed by atoms with Crippen molar-refractivity contribution in [2.24, 2.45) is 10.7 Å². The van der Waals surface area contributed by atoms with Gasteiger partial charge in [0.2, 0.25) is 0 Å². The number of nitrogen functional groups attached to an aromatic ring is 1. The molecule has 0 aliphatic rings. The summed E-state index contributed by atoms with van der Waals surface area (Å²) in [5.74, 6) is 0.473. The topological polar surface area (TPSA) is 77.3 Å². The van der Waals surface area contributed by atoms with Crippen molar-refractivity contribution in [3.05, 3.63) is 30.1 Å². The second-order valence-electron chi connectivity index (χ2n) is 4.52. The van der Waals surface area contributed by atoms with Gasteiger partial charge in [-0.25, -0.2) is 4.98 Å². The fourth-order valence-corrected chi connectivity index (χ4v) is 1.10. The van der Waals surface area contributed by atoms with Crippen molar-refractivity contribution in [3.8, 4) is 0 Å². The first kappa shape index (κ1) is 12.2. The molecule has 0 aliphatic carbocycles. The average Bonchev–Trinajstić information content (AvgIpc) is 2.17. The molecular formula is C12H18N4. The Morgan fingerprint density at radius 2 is 2.12 bits per heavy atom. The summed E-state index contributed by atoms with van der Waals surface area (Å²) in [6, 6.07) is 3.62. The first-order valence-corrected chi connectivity index (χ1v) is 5.11. The SMILES string of the molecule is CC(C)(C)N=CC(=CN)c1ccnc(N)c1. The van der Waals surface area contributed by atoms with E-state index >= 15 is 0 Å². The zero-order chi connectivity index (χ0) is 12.2. The molecule has 4 nitrogen and oxygen atoms in total. The van der Waals surface area contributed by atoms with E-state index in [0.29, 0.717) is 5.82 Å². The molecular weight excluding hydrogens is 200 g/mol. The lowest BCUT2D eigenvalue weighted by Gasteiger charge is -2.11. The highest BCUT2D eigenvalue weighted by Crippen LogP contribution is 2.14. The lowest BCUT2D eigenvalue weighted by molar-refractivity contribution is 0.587. The van der Waals surface area contributed by atoms with Crippen LogP contribution in [0, 0.1) is 0 Å². The van der Waals surface area contributed by atoms with E-state index in [0.717, 1.165) is 11.1 Å². The van der Waals surface area contributed by atoms with Crippen LogP contribution in [0.3, 0.4) is 0 Å². The van der Waals surface area contributed by atoms with Gasteiger partial charge in [-0.15, -0.1) is 0 Å². The first-order chi connectivity index (χ1) is 7.42. The highest BCUT2D eigenvalue weighted by Gasteiger charge is 2.06. The van der Waals surface area contributed by atoms with Gasteiger partial charge < -0.3 is 11.5 Å². The number of allylic oxidation sites excluding steroid dienone is 1. The Balaban J connectivity index is 2.97. The number of aromatic nitrogens is 1. The van der Waals surface area contributed by atoms with Gasteiger partial charge in [-0.1, -0.05) is 0 Å². The maximum Gasteiger partial charge on any atom is 0.123 e. The molecule has 0 amide bonds. The lowest BCUT2D eigenvalue weighted by atomic mass is 10.1. The Hall–Kier alpha value is -1.84. The molecule has 0 atom stereocenters. The summed E-state index contributed by atoms with van der Waals surface area (Å²) in [7, 11) is 0. The van der Waals surface area contributed by atoms with E-state index < -0.39 is 0 Å². The van der Waals surface area contributed by atoms with Crippen molar-refractivity contribution in [2.75, 3.05) is 5.73 Å². The quantitative estimate of drug-likeness (QED) is 0.743. The van der Waals surface area contributed by atoms with Gasteiger partial charge in [0, 0.05) is 24.2 Å². The summed E-state index contributed by atoms with van der Waals surface area (Å²) in [6.45, 7) is 6.08. The monoisotopic (exact) mass is 218 g/mol. The van der Waals surface area contributed by atoms with Gasteiger partial charge in [0.05, 0.1) is 5.54 Å². The van der Waals surface area contributed by atoms with Crippen LogP contribution in [0.25, 0.3) is 5.57 Å². The fraction of sp³-hybridized carbons (Fsp3) is 0.333. The Morgan fingerprint density at radius 3 is 2.62 bits per heavy atom. The molecule has 0 aromatic carbocycles. The molecule has 0 bridgehead atoms. The summed E-state index contributed by atoms with van der Waals surface area (Å²) < 4.78 is 0. The van der Waals surface area contributed by atoms with Crippen molar-refractivity contribution < 1.29 is 0 Å². The van der Waals surface area contributed by atoms with Crippen LogP contribution in [0.4, 0.5) is 5.82 Å². The molecule has 0 fully saturated rings. The lowest BCUT2D eigenvalue weighted by Crippen LogP contribution is -2.10. The van der Waals surface area contributed by atoms with Crippen LogP contribution in [0.5, 0.6) is 0 Å². The number of hydrogen-bond acceptors (Lipinski definition) is 4. The Morgan fingerprint density at radius 1 is 1.44 bits per heavy atom. The van der Waals surface area contributed by atoms with Crippen LogP contribution in [-0.4, -0.2) is 16.7 Å². The zero-order valence-electron chi connectivity index (χ0n) is 9.94. The number of pyridine rings is 1. The predicted molar refractivity (Wildman–Crippen MR) is 69.1 cm³/mol. The third-order valence-electron chi connectivity index (χ3n) is 1.88. The van der Waals surface area contributed by atoms with Crippen LogP contribution < -0.4 is 11.5 Å². The van der Waals surface area contributed by atoms with Crippen LogP contribution in [0.1, 0.15) is 26.3 Å². The minimum atomic E-state index is -0.118. The number of hydrogen-bond donors (Lipinski definition) is 2. The molecule has 86 valence electrons. The zero-order valence-corrected chi connectivity index (χ0v) is 9.94. The Kier molecular flexibility index (Phi) is 3.66. The summed E-state index contributed by atoms with van der Waals surface area (Å²) in [4.78, 5) is 8.33. The van der Waals surface area contributed by atoms with E-state index in [1.807, 2.05) is 26.8 Å². The highest BCUT2D eigenvalue weighted by atomic mass is 14.8. The van der Waals surface area contributed by atoms with Crippen LogP contribution in [0.2, 0.25) is 0 Å². The molecule has 1 aromatic rings. The van der Waals surface area contributed by atoms with Crippen molar-refractivity contribution in [1.29, 1.82) is 0 Å². The molecule has 1 rings (SSSR count). The van der Waals surface area contributed by atoms with E-state index in [1.54, 1.807) is 18.5 Å². The molecule has 0 radical (unpaired) electrons. The van der Waals surface area contributed by atoms with E-state index in [4.69, 9.17) is 11.5 Å². The van der Waals surface area contributed by atoms with Crippen molar-refractivity contribution in [1.82, 2.24) is 4.98 Å². The van der Waals surface area contributed by atoms with Crippen LogP contribution >= 0.6 is 0 Å². The fourth-order valence-electron chi connectivity index (χ4n) is 1.10. The highest BCUT2D eigenvalue weighted by molar-refractivity contribution is 6.09. The van der Waals surface area contributed by atoms with E-state index in [-0.39, 0.29) is 5.54 Å². The molecule has 0 spiro atoms. The van der Waals surface area contributed by atoms with Crippen LogP contribution in [-0.2, 0) is 0 Å². The number of nitrogens with two attached hydrogens (primary N) is 2. The van der Waals surface area contributed by atoms with Gasteiger partial charge in [-0.2, -0.15) is 0 Å². The molecule has 0 saturated carbocycles. The van der Waals surface area contributed by atoms with Crippen molar-refractivity contribution in [2.45, 2.75) is 26.3 Å². The normalized spacial score (nSPS) is 13.3. The first-order valence-electron chi connectivity index (χ1n) is 5.11. The van der Waals surface area contributed by atoms with Gasteiger partial charge in [0.15, 0.2) is 0 Å². The smallest absolute Gasteiger partial charge is 0.123 e. The number of nitrogens with zero attached hydrogens (tertiary/aromatic N) is 2. The molecule has 4 heteroatoms. The van der Waals surface area contributed by atoms with E-state index in [2.05, 4.69) is 9.98 Å². The van der Waals surface area contributed by atoms with Gasteiger partial charge in [0.1, 0.15) is 5.82 Å². The third kappa shape index (κ3) is 3.73. The predicted octanol–water partition coefficient (Wildman–Crippen LogP) is 1.83. The second-order valence-corrected chi connectivity index (χ2v) is 4.52. The summed E-state index contributed by atoms with van der Waals surface area (Å²) >= 11 is 0. The molecule has 16 heavy (non-hydrogen) atoms. The molecule has 4 N–H and O–H groups in total. The second kappa shape index (κ2) is 4.79. The Labute approximate surface area is 96.1 Å². The molecule has 1 heterocycles. The van der Waals surface area contributed by atoms with Gasteiger partial charge >= 0.3 is 0 Å².